The molecule has 5 heteroatoms. The van der Waals surface area contributed by atoms with Crippen molar-refractivity contribution in [1.82, 2.24) is 10.2 Å². The molecular formula is C17H26N2O3. The van der Waals surface area contributed by atoms with Gasteiger partial charge in [-0.3, -0.25) is 4.79 Å². The summed E-state index contributed by atoms with van der Waals surface area (Å²) in [6.45, 7) is 5.33. The van der Waals surface area contributed by atoms with Crippen LogP contribution in [0, 0.1) is 0 Å². The number of hydrogen-bond acceptors (Lipinski definition) is 2. The maximum Gasteiger partial charge on any atom is 0.317 e. The Morgan fingerprint density at radius 2 is 1.91 bits per heavy atom. The lowest BCUT2D eigenvalue weighted by atomic mass is 10.0. The zero-order chi connectivity index (χ0) is 16.4. The number of nitrogens with one attached hydrogen (secondary N) is 1. The summed E-state index contributed by atoms with van der Waals surface area (Å²) in [5, 5.41) is 11.9. The number of carboxylic acids is 1. The van der Waals surface area contributed by atoms with Gasteiger partial charge in [-0.15, -0.1) is 0 Å². The van der Waals surface area contributed by atoms with Crippen LogP contribution in [0.2, 0.25) is 0 Å². The number of aliphatic carboxylic acids is 1. The highest BCUT2D eigenvalue weighted by Crippen LogP contribution is 2.09. The van der Waals surface area contributed by atoms with Crippen LogP contribution in [0.5, 0.6) is 0 Å². The Labute approximate surface area is 132 Å². The SMILES string of the molecule is CCCN(CC)C(=O)NC(CCC(=O)O)Cc1ccccc1. The molecule has 0 aliphatic rings. The first kappa shape index (κ1) is 18.0. The molecule has 1 unspecified atom stereocenters. The molecule has 122 valence electrons. The van der Waals surface area contributed by atoms with Crippen molar-refractivity contribution in [2.75, 3.05) is 13.1 Å². The molecule has 1 aromatic rings. The van der Waals surface area contributed by atoms with Gasteiger partial charge in [-0.25, -0.2) is 4.79 Å². The molecule has 2 amide bonds. The fourth-order valence-electron chi connectivity index (χ4n) is 2.36. The van der Waals surface area contributed by atoms with Crippen LogP contribution in [0.4, 0.5) is 4.79 Å². The Morgan fingerprint density at radius 3 is 2.45 bits per heavy atom. The summed E-state index contributed by atoms with van der Waals surface area (Å²) in [5.74, 6) is -0.840. The summed E-state index contributed by atoms with van der Waals surface area (Å²) in [4.78, 5) is 24.8. The second kappa shape index (κ2) is 9.82. The van der Waals surface area contributed by atoms with E-state index >= 15 is 0 Å². The molecule has 0 radical (unpaired) electrons. The number of nitrogens with zero attached hydrogens (tertiary/aromatic N) is 1. The second-order valence-corrected chi connectivity index (χ2v) is 5.35. The standard InChI is InChI=1S/C17H26N2O3/c1-3-12-19(4-2)17(22)18-15(10-11-16(20)21)13-14-8-6-5-7-9-14/h5-9,15H,3-4,10-13H2,1-2H3,(H,18,22)(H,20,21). The average Bonchev–Trinajstić information content (AvgIpc) is 2.51. The number of carbonyl (C=O) groups excluding carboxylic acids is 1. The average molecular weight is 306 g/mol. The van der Waals surface area contributed by atoms with E-state index < -0.39 is 5.97 Å². The number of carbonyl (C=O) groups is 2. The number of urea groups is 1. The molecule has 0 saturated heterocycles. The van der Waals surface area contributed by atoms with Gasteiger partial charge in [0, 0.05) is 25.6 Å². The van der Waals surface area contributed by atoms with E-state index in [9.17, 15) is 9.59 Å². The molecule has 0 aromatic heterocycles. The molecule has 1 rings (SSSR count). The van der Waals surface area contributed by atoms with Gasteiger partial charge in [-0.05, 0) is 31.7 Å². The van der Waals surface area contributed by atoms with Crippen LogP contribution < -0.4 is 5.32 Å². The van der Waals surface area contributed by atoms with Crippen molar-refractivity contribution in [2.24, 2.45) is 0 Å². The van der Waals surface area contributed by atoms with Crippen molar-refractivity contribution in [3.05, 3.63) is 35.9 Å². The van der Waals surface area contributed by atoms with Crippen LogP contribution in [0.3, 0.4) is 0 Å². The van der Waals surface area contributed by atoms with E-state index in [1.54, 1.807) is 4.90 Å². The van der Waals surface area contributed by atoms with Gasteiger partial charge in [0.15, 0.2) is 0 Å². The predicted molar refractivity (Wildman–Crippen MR) is 86.9 cm³/mol. The molecule has 0 fully saturated rings. The monoisotopic (exact) mass is 306 g/mol. The van der Waals surface area contributed by atoms with Crippen LogP contribution in [0.25, 0.3) is 0 Å². The quantitative estimate of drug-likeness (QED) is 0.737. The molecule has 0 aliphatic carbocycles. The summed E-state index contributed by atoms with van der Waals surface area (Å²) in [6.07, 6.45) is 2.03. The van der Waals surface area contributed by atoms with E-state index in [2.05, 4.69) is 5.32 Å². The Morgan fingerprint density at radius 1 is 1.23 bits per heavy atom. The Hall–Kier alpha value is -2.04. The van der Waals surface area contributed by atoms with E-state index in [0.717, 1.165) is 12.0 Å². The van der Waals surface area contributed by atoms with Crippen LogP contribution in [0.1, 0.15) is 38.7 Å². The lowest BCUT2D eigenvalue weighted by Gasteiger charge is -2.25. The van der Waals surface area contributed by atoms with Crippen molar-refractivity contribution >= 4 is 12.0 Å². The van der Waals surface area contributed by atoms with Gasteiger partial charge in [0.1, 0.15) is 0 Å². The van der Waals surface area contributed by atoms with Crippen molar-refractivity contribution in [3.8, 4) is 0 Å². The second-order valence-electron chi connectivity index (χ2n) is 5.35. The highest BCUT2D eigenvalue weighted by atomic mass is 16.4. The van der Waals surface area contributed by atoms with E-state index in [4.69, 9.17) is 5.11 Å². The molecule has 0 heterocycles. The van der Waals surface area contributed by atoms with Gasteiger partial charge in [-0.1, -0.05) is 37.3 Å². The molecule has 2 N–H and O–H groups in total. The maximum absolute atomic E-state index is 12.3. The smallest absolute Gasteiger partial charge is 0.317 e. The number of amides is 2. The van der Waals surface area contributed by atoms with Crippen molar-refractivity contribution < 1.29 is 14.7 Å². The van der Waals surface area contributed by atoms with Crippen LogP contribution in [-0.2, 0) is 11.2 Å². The Balaban J connectivity index is 2.68. The maximum atomic E-state index is 12.3. The van der Waals surface area contributed by atoms with Gasteiger partial charge < -0.3 is 15.3 Å². The first-order valence-electron chi connectivity index (χ1n) is 7.88. The Kier molecular flexibility index (Phi) is 8.04. The molecule has 22 heavy (non-hydrogen) atoms. The number of rotatable bonds is 9. The van der Waals surface area contributed by atoms with Gasteiger partial charge in [0.25, 0.3) is 0 Å². The van der Waals surface area contributed by atoms with Gasteiger partial charge in [0.2, 0.25) is 0 Å². The van der Waals surface area contributed by atoms with Gasteiger partial charge in [-0.2, -0.15) is 0 Å². The molecule has 0 saturated carbocycles. The largest absolute Gasteiger partial charge is 0.481 e. The predicted octanol–water partition coefficient (Wildman–Crippen LogP) is 2.90. The van der Waals surface area contributed by atoms with Crippen molar-refractivity contribution in [1.29, 1.82) is 0 Å². The summed E-state index contributed by atoms with van der Waals surface area (Å²) in [6, 6.07) is 9.52. The van der Waals surface area contributed by atoms with E-state index in [-0.39, 0.29) is 18.5 Å². The first-order chi connectivity index (χ1) is 10.6. The Bertz CT molecular complexity index is 462. The molecule has 0 bridgehead atoms. The third-order valence-corrected chi connectivity index (χ3v) is 3.52. The third-order valence-electron chi connectivity index (χ3n) is 3.52. The summed E-state index contributed by atoms with van der Waals surface area (Å²) < 4.78 is 0. The zero-order valence-corrected chi connectivity index (χ0v) is 13.4. The van der Waals surface area contributed by atoms with E-state index in [0.29, 0.717) is 25.9 Å². The van der Waals surface area contributed by atoms with Crippen molar-refractivity contribution in [3.63, 3.8) is 0 Å². The summed E-state index contributed by atoms with van der Waals surface area (Å²) in [5.41, 5.74) is 1.09. The lowest BCUT2D eigenvalue weighted by Crippen LogP contribution is -2.46. The normalized spacial score (nSPS) is 11.7. The highest BCUT2D eigenvalue weighted by molar-refractivity contribution is 5.74. The molecule has 0 aliphatic heterocycles. The number of hydrogen-bond donors (Lipinski definition) is 2. The van der Waals surface area contributed by atoms with Crippen molar-refractivity contribution in [2.45, 2.75) is 45.6 Å². The lowest BCUT2D eigenvalue weighted by molar-refractivity contribution is -0.137. The topological polar surface area (TPSA) is 69.6 Å². The molecule has 0 spiro atoms. The minimum Gasteiger partial charge on any atom is -0.481 e. The molecule has 1 atom stereocenters. The minimum atomic E-state index is -0.840. The third kappa shape index (κ3) is 6.61. The molecular weight excluding hydrogens is 280 g/mol. The van der Waals surface area contributed by atoms with Gasteiger partial charge in [0.05, 0.1) is 0 Å². The van der Waals surface area contributed by atoms with E-state index in [1.807, 2.05) is 44.2 Å². The first-order valence-corrected chi connectivity index (χ1v) is 7.88. The molecule has 1 aromatic carbocycles. The molecule has 5 nitrogen and oxygen atoms in total. The van der Waals surface area contributed by atoms with Crippen LogP contribution in [0.15, 0.2) is 30.3 Å². The van der Waals surface area contributed by atoms with Gasteiger partial charge >= 0.3 is 12.0 Å². The summed E-state index contributed by atoms with van der Waals surface area (Å²) in [7, 11) is 0. The van der Waals surface area contributed by atoms with Crippen LogP contribution >= 0.6 is 0 Å². The minimum absolute atomic E-state index is 0.0533. The summed E-state index contributed by atoms with van der Waals surface area (Å²) >= 11 is 0. The zero-order valence-electron chi connectivity index (χ0n) is 13.4. The fraction of sp³-hybridized carbons (Fsp3) is 0.529. The van der Waals surface area contributed by atoms with Crippen LogP contribution in [-0.4, -0.2) is 41.1 Å². The van der Waals surface area contributed by atoms with E-state index in [1.165, 1.54) is 0 Å². The number of carboxylic acid groups (broad SMARTS) is 1. The number of benzene rings is 1. The highest BCUT2D eigenvalue weighted by Gasteiger charge is 2.17. The fourth-order valence-corrected chi connectivity index (χ4v) is 2.36.